The summed E-state index contributed by atoms with van der Waals surface area (Å²) in [5.41, 5.74) is 1.11. The van der Waals surface area contributed by atoms with Crippen LogP contribution in [0.25, 0.3) is 0 Å². The summed E-state index contributed by atoms with van der Waals surface area (Å²) in [4.78, 5) is 7.81. The first kappa shape index (κ1) is 9.58. The summed E-state index contributed by atoms with van der Waals surface area (Å²) < 4.78 is 12.6. The normalized spacial score (nSPS) is 9.93. The Bertz CT molecular complexity index is 414. The van der Waals surface area contributed by atoms with E-state index in [9.17, 15) is 4.39 Å². The fourth-order valence-corrected chi connectivity index (χ4v) is 1.17. The number of anilines is 1. The molecule has 0 spiro atoms. The van der Waals surface area contributed by atoms with Crippen molar-refractivity contribution in [3.63, 3.8) is 0 Å². The minimum atomic E-state index is -0.329. The van der Waals surface area contributed by atoms with E-state index in [1.807, 2.05) is 12.1 Å². The van der Waals surface area contributed by atoms with Gasteiger partial charge < -0.3 is 5.32 Å². The lowest BCUT2D eigenvalue weighted by atomic mass is 10.3. The van der Waals surface area contributed by atoms with Gasteiger partial charge in [0.2, 0.25) is 0 Å². The van der Waals surface area contributed by atoms with Crippen LogP contribution in [0, 0.1) is 5.82 Å². The van der Waals surface area contributed by atoms with Gasteiger partial charge in [-0.1, -0.05) is 0 Å². The van der Waals surface area contributed by atoms with Gasteiger partial charge in [0.1, 0.15) is 11.6 Å². The van der Waals surface area contributed by atoms with Crippen molar-refractivity contribution >= 4 is 5.82 Å². The summed E-state index contributed by atoms with van der Waals surface area (Å²) in [7, 11) is 0. The highest BCUT2D eigenvalue weighted by atomic mass is 19.1. The molecule has 0 aliphatic rings. The van der Waals surface area contributed by atoms with Gasteiger partial charge in [-0.2, -0.15) is 0 Å². The van der Waals surface area contributed by atoms with Crippen LogP contribution in [0.1, 0.15) is 5.56 Å². The Morgan fingerprint density at radius 1 is 1.13 bits per heavy atom. The molecule has 0 saturated heterocycles. The number of aromatic nitrogens is 2. The monoisotopic (exact) mass is 203 g/mol. The van der Waals surface area contributed by atoms with E-state index in [0.717, 1.165) is 5.56 Å². The maximum atomic E-state index is 12.6. The largest absolute Gasteiger partial charge is 0.366 e. The average Bonchev–Trinajstić information content (AvgIpc) is 2.30. The first-order valence-corrected chi connectivity index (χ1v) is 4.59. The Morgan fingerprint density at radius 2 is 1.93 bits per heavy atom. The second-order valence-electron chi connectivity index (χ2n) is 3.07. The standard InChI is InChI=1S/C11H10FN3/c12-10-1-2-11(15-8-10)14-7-9-3-5-13-6-4-9/h1-6,8H,7H2,(H,14,15). The highest BCUT2D eigenvalue weighted by molar-refractivity contribution is 5.34. The third kappa shape index (κ3) is 2.74. The minimum Gasteiger partial charge on any atom is -0.366 e. The molecule has 15 heavy (non-hydrogen) atoms. The second kappa shape index (κ2) is 4.50. The molecule has 0 aliphatic carbocycles. The smallest absolute Gasteiger partial charge is 0.141 e. The van der Waals surface area contributed by atoms with Gasteiger partial charge in [-0.3, -0.25) is 4.98 Å². The van der Waals surface area contributed by atoms with Crippen molar-refractivity contribution in [2.24, 2.45) is 0 Å². The first-order valence-electron chi connectivity index (χ1n) is 4.59. The number of pyridine rings is 2. The molecule has 2 heterocycles. The van der Waals surface area contributed by atoms with Gasteiger partial charge in [0.25, 0.3) is 0 Å². The maximum absolute atomic E-state index is 12.6. The van der Waals surface area contributed by atoms with Gasteiger partial charge in [0.15, 0.2) is 0 Å². The van der Waals surface area contributed by atoms with E-state index in [1.165, 1.54) is 12.3 Å². The van der Waals surface area contributed by atoms with Crippen LogP contribution >= 0.6 is 0 Å². The van der Waals surface area contributed by atoms with Crippen molar-refractivity contribution in [1.29, 1.82) is 0 Å². The lowest BCUT2D eigenvalue weighted by Crippen LogP contribution is -2.01. The third-order valence-electron chi connectivity index (χ3n) is 1.95. The van der Waals surface area contributed by atoms with Crippen LogP contribution in [0.3, 0.4) is 0 Å². The van der Waals surface area contributed by atoms with Crippen molar-refractivity contribution in [3.8, 4) is 0 Å². The lowest BCUT2D eigenvalue weighted by Gasteiger charge is -2.04. The molecule has 0 fully saturated rings. The molecule has 0 amide bonds. The van der Waals surface area contributed by atoms with Gasteiger partial charge in [0.05, 0.1) is 6.20 Å². The van der Waals surface area contributed by atoms with Crippen LogP contribution in [0.15, 0.2) is 42.9 Å². The fourth-order valence-electron chi connectivity index (χ4n) is 1.17. The van der Waals surface area contributed by atoms with E-state index < -0.39 is 0 Å². The third-order valence-corrected chi connectivity index (χ3v) is 1.95. The molecular weight excluding hydrogens is 193 g/mol. The molecule has 0 bridgehead atoms. The van der Waals surface area contributed by atoms with Crippen molar-refractivity contribution < 1.29 is 4.39 Å². The Morgan fingerprint density at radius 3 is 2.60 bits per heavy atom. The molecule has 0 aliphatic heterocycles. The van der Waals surface area contributed by atoms with Crippen LogP contribution in [-0.4, -0.2) is 9.97 Å². The van der Waals surface area contributed by atoms with Crippen LogP contribution in [0.4, 0.5) is 10.2 Å². The molecule has 2 rings (SSSR count). The average molecular weight is 203 g/mol. The summed E-state index contributed by atoms with van der Waals surface area (Å²) in [5.74, 6) is 0.331. The van der Waals surface area contributed by atoms with Gasteiger partial charge in [-0.15, -0.1) is 0 Å². The number of nitrogens with zero attached hydrogens (tertiary/aromatic N) is 2. The summed E-state index contributed by atoms with van der Waals surface area (Å²) >= 11 is 0. The number of rotatable bonds is 3. The van der Waals surface area contributed by atoms with Gasteiger partial charge in [-0.05, 0) is 29.8 Å². The summed E-state index contributed by atoms with van der Waals surface area (Å²) in [6, 6.07) is 6.81. The number of nitrogens with one attached hydrogen (secondary N) is 1. The topological polar surface area (TPSA) is 37.8 Å². The van der Waals surface area contributed by atoms with Crippen molar-refractivity contribution in [3.05, 3.63) is 54.2 Å². The predicted octanol–water partition coefficient (Wildman–Crippen LogP) is 2.23. The molecule has 3 nitrogen and oxygen atoms in total. The number of hydrogen-bond donors (Lipinski definition) is 1. The van der Waals surface area contributed by atoms with E-state index in [-0.39, 0.29) is 5.82 Å². The van der Waals surface area contributed by atoms with Crippen LogP contribution in [0.2, 0.25) is 0 Å². The second-order valence-corrected chi connectivity index (χ2v) is 3.07. The van der Waals surface area contributed by atoms with Crippen molar-refractivity contribution in [2.45, 2.75) is 6.54 Å². The van der Waals surface area contributed by atoms with Crippen LogP contribution in [0.5, 0.6) is 0 Å². The van der Waals surface area contributed by atoms with Crippen LogP contribution in [-0.2, 0) is 6.54 Å². The molecule has 1 N–H and O–H groups in total. The highest BCUT2D eigenvalue weighted by Gasteiger charge is 1.95. The molecule has 0 aromatic carbocycles. The molecule has 4 heteroatoms. The predicted molar refractivity (Wildman–Crippen MR) is 55.8 cm³/mol. The van der Waals surface area contributed by atoms with Crippen molar-refractivity contribution in [2.75, 3.05) is 5.32 Å². The zero-order chi connectivity index (χ0) is 10.5. The molecule has 0 atom stereocenters. The van der Waals surface area contributed by atoms with Gasteiger partial charge in [0, 0.05) is 18.9 Å². The first-order chi connectivity index (χ1) is 7.34. The number of hydrogen-bond acceptors (Lipinski definition) is 3. The van der Waals surface area contributed by atoms with Gasteiger partial charge in [-0.25, -0.2) is 9.37 Å². The van der Waals surface area contributed by atoms with Crippen molar-refractivity contribution in [1.82, 2.24) is 9.97 Å². The van der Waals surface area contributed by atoms with E-state index in [4.69, 9.17) is 0 Å². The zero-order valence-corrected chi connectivity index (χ0v) is 8.02. The van der Waals surface area contributed by atoms with Crippen LogP contribution < -0.4 is 5.32 Å². The molecule has 0 unspecified atom stereocenters. The summed E-state index contributed by atoms with van der Waals surface area (Å²) in [6.45, 7) is 0.654. The Hall–Kier alpha value is -1.97. The SMILES string of the molecule is Fc1ccc(NCc2ccncc2)nc1. The number of halogens is 1. The Labute approximate surface area is 87.0 Å². The van der Waals surface area contributed by atoms with E-state index in [2.05, 4.69) is 15.3 Å². The quantitative estimate of drug-likeness (QED) is 0.831. The van der Waals surface area contributed by atoms with Gasteiger partial charge >= 0.3 is 0 Å². The summed E-state index contributed by atoms with van der Waals surface area (Å²) in [5, 5.41) is 3.08. The maximum Gasteiger partial charge on any atom is 0.141 e. The molecule has 0 saturated carbocycles. The van der Waals surface area contributed by atoms with E-state index in [0.29, 0.717) is 12.4 Å². The fraction of sp³-hybridized carbons (Fsp3) is 0.0909. The molecule has 2 aromatic rings. The van der Waals surface area contributed by atoms with E-state index in [1.54, 1.807) is 18.5 Å². The molecular formula is C11H10FN3. The molecule has 2 aromatic heterocycles. The Balaban J connectivity index is 1.96. The molecule has 76 valence electrons. The van der Waals surface area contributed by atoms with E-state index >= 15 is 0 Å². The minimum absolute atomic E-state index is 0.329. The highest BCUT2D eigenvalue weighted by Crippen LogP contribution is 2.05. The summed E-state index contributed by atoms with van der Waals surface area (Å²) in [6.07, 6.45) is 4.65. The Kier molecular flexibility index (Phi) is 2.88. The zero-order valence-electron chi connectivity index (χ0n) is 8.02. The molecule has 0 radical (unpaired) electrons. The lowest BCUT2D eigenvalue weighted by molar-refractivity contribution is 0.621.